The first-order valence-electron chi connectivity index (χ1n) is 6.96. The van der Waals surface area contributed by atoms with Crippen molar-refractivity contribution in [3.63, 3.8) is 0 Å². The van der Waals surface area contributed by atoms with Crippen molar-refractivity contribution in [3.8, 4) is 0 Å². The van der Waals surface area contributed by atoms with Gasteiger partial charge in [-0.25, -0.2) is 0 Å². The van der Waals surface area contributed by atoms with Crippen molar-refractivity contribution in [1.29, 1.82) is 0 Å². The van der Waals surface area contributed by atoms with Crippen LogP contribution in [0.4, 0.5) is 0 Å². The van der Waals surface area contributed by atoms with Crippen LogP contribution in [0, 0.1) is 23.2 Å². The molecule has 90 valence electrons. The van der Waals surface area contributed by atoms with Gasteiger partial charge < -0.3 is 0 Å². The smallest absolute Gasteiger partial charge is 0.0311 e. The predicted molar refractivity (Wildman–Crippen MR) is 69.0 cm³/mol. The summed E-state index contributed by atoms with van der Waals surface area (Å²) in [5.74, 6) is 2.88. The van der Waals surface area contributed by atoms with Crippen molar-refractivity contribution < 1.29 is 0 Å². The quantitative estimate of drug-likeness (QED) is 0.592. The molecule has 0 heteroatoms. The molecule has 0 nitrogen and oxygen atoms in total. The second-order valence-electron chi connectivity index (χ2n) is 6.70. The zero-order valence-electron chi connectivity index (χ0n) is 11.5. The second kappa shape index (κ2) is 5.37. The molecule has 1 aliphatic carbocycles. The molecule has 0 unspecified atom stereocenters. The Morgan fingerprint density at radius 2 is 1.67 bits per heavy atom. The van der Waals surface area contributed by atoms with Crippen molar-refractivity contribution in [2.75, 3.05) is 0 Å². The van der Waals surface area contributed by atoms with Gasteiger partial charge in [0.25, 0.3) is 0 Å². The van der Waals surface area contributed by atoms with Crippen LogP contribution in [0.25, 0.3) is 0 Å². The molecule has 0 aromatic heterocycles. The molecule has 0 N–H and O–H groups in total. The van der Waals surface area contributed by atoms with Crippen molar-refractivity contribution in [2.45, 2.75) is 73.1 Å². The van der Waals surface area contributed by atoms with E-state index in [9.17, 15) is 0 Å². The van der Waals surface area contributed by atoms with Crippen LogP contribution in [0.15, 0.2) is 0 Å². The fourth-order valence-corrected chi connectivity index (χ4v) is 3.98. The van der Waals surface area contributed by atoms with Gasteiger partial charge >= 0.3 is 0 Å². The Bertz CT molecular complexity index is 169. The van der Waals surface area contributed by atoms with Crippen LogP contribution in [-0.2, 0) is 0 Å². The van der Waals surface area contributed by atoms with E-state index in [-0.39, 0.29) is 0 Å². The lowest BCUT2D eigenvalue weighted by atomic mass is 9.65. The lowest BCUT2D eigenvalue weighted by molar-refractivity contribution is 0.0936. The van der Waals surface area contributed by atoms with Crippen LogP contribution in [0.1, 0.15) is 73.1 Å². The fourth-order valence-electron chi connectivity index (χ4n) is 3.98. The van der Waals surface area contributed by atoms with Gasteiger partial charge in [0.15, 0.2) is 0 Å². The molecule has 0 radical (unpaired) electrons. The van der Waals surface area contributed by atoms with E-state index < -0.39 is 0 Å². The summed E-state index contributed by atoms with van der Waals surface area (Å²) in [5, 5.41) is 0. The number of rotatable bonds is 4. The molecule has 1 aliphatic rings. The minimum absolute atomic E-state index is 0.504. The highest BCUT2D eigenvalue weighted by Gasteiger charge is 2.36. The summed E-state index contributed by atoms with van der Waals surface area (Å²) in [6.45, 7) is 12.1. The Morgan fingerprint density at radius 1 is 1.13 bits per heavy atom. The molecule has 0 aromatic carbocycles. The van der Waals surface area contributed by atoms with E-state index in [0.29, 0.717) is 5.41 Å². The Labute approximate surface area is 96.8 Å². The van der Waals surface area contributed by atoms with Crippen LogP contribution in [0.3, 0.4) is 0 Å². The summed E-state index contributed by atoms with van der Waals surface area (Å²) in [5.41, 5.74) is 0.504. The molecule has 0 bridgehead atoms. The highest BCUT2D eigenvalue weighted by Crippen LogP contribution is 2.45. The average molecular weight is 210 g/mol. The molecule has 1 fully saturated rings. The molecule has 0 heterocycles. The standard InChI is InChI=1S/C15H30/c1-6-9-12(2)14(15(3,4)5)13-10-7-8-11-13/h12-14H,6-11H2,1-5H3/t12-,14+/m0/s1. The van der Waals surface area contributed by atoms with Crippen molar-refractivity contribution in [3.05, 3.63) is 0 Å². The van der Waals surface area contributed by atoms with Gasteiger partial charge in [0.1, 0.15) is 0 Å². The van der Waals surface area contributed by atoms with Crippen LogP contribution in [0.5, 0.6) is 0 Å². The van der Waals surface area contributed by atoms with E-state index >= 15 is 0 Å². The Kier molecular flexibility index (Phi) is 4.67. The minimum atomic E-state index is 0.504. The molecule has 0 aromatic rings. The molecule has 15 heavy (non-hydrogen) atoms. The molecule has 0 amide bonds. The van der Waals surface area contributed by atoms with E-state index in [1.54, 1.807) is 0 Å². The zero-order valence-corrected chi connectivity index (χ0v) is 11.5. The summed E-state index contributed by atoms with van der Waals surface area (Å²) in [6, 6.07) is 0. The van der Waals surface area contributed by atoms with E-state index in [2.05, 4.69) is 34.6 Å². The molecule has 0 saturated heterocycles. The maximum atomic E-state index is 2.48. The minimum Gasteiger partial charge on any atom is -0.0654 e. The summed E-state index contributed by atoms with van der Waals surface area (Å²) < 4.78 is 0. The molecule has 1 saturated carbocycles. The molecule has 1 rings (SSSR count). The number of hydrogen-bond acceptors (Lipinski definition) is 0. The van der Waals surface area contributed by atoms with Gasteiger partial charge in [0.2, 0.25) is 0 Å². The van der Waals surface area contributed by atoms with Crippen LogP contribution >= 0.6 is 0 Å². The first-order chi connectivity index (χ1) is 6.96. The number of hydrogen-bond donors (Lipinski definition) is 0. The van der Waals surface area contributed by atoms with Crippen LogP contribution in [0.2, 0.25) is 0 Å². The second-order valence-corrected chi connectivity index (χ2v) is 6.70. The summed E-state index contributed by atoms with van der Waals surface area (Å²) in [6.07, 6.45) is 8.72. The summed E-state index contributed by atoms with van der Waals surface area (Å²) >= 11 is 0. The van der Waals surface area contributed by atoms with Crippen molar-refractivity contribution in [1.82, 2.24) is 0 Å². The van der Waals surface area contributed by atoms with Crippen molar-refractivity contribution >= 4 is 0 Å². The Hall–Kier alpha value is 0. The Balaban J connectivity index is 2.68. The summed E-state index contributed by atoms with van der Waals surface area (Å²) in [7, 11) is 0. The van der Waals surface area contributed by atoms with Gasteiger partial charge in [0.05, 0.1) is 0 Å². The fraction of sp³-hybridized carbons (Fsp3) is 1.00. The van der Waals surface area contributed by atoms with Crippen LogP contribution < -0.4 is 0 Å². The van der Waals surface area contributed by atoms with E-state index in [4.69, 9.17) is 0 Å². The zero-order chi connectivity index (χ0) is 11.5. The van der Waals surface area contributed by atoms with Gasteiger partial charge in [-0.3, -0.25) is 0 Å². The van der Waals surface area contributed by atoms with Gasteiger partial charge in [0, 0.05) is 0 Å². The van der Waals surface area contributed by atoms with E-state index in [0.717, 1.165) is 17.8 Å². The SMILES string of the molecule is CCC[C@H](C)[C@H](C1CCCC1)C(C)(C)C. The average Bonchev–Trinajstić information content (AvgIpc) is 2.55. The topological polar surface area (TPSA) is 0 Å². The summed E-state index contributed by atoms with van der Waals surface area (Å²) in [4.78, 5) is 0. The van der Waals surface area contributed by atoms with Gasteiger partial charge in [-0.15, -0.1) is 0 Å². The molecular formula is C15H30. The maximum Gasteiger partial charge on any atom is -0.0311 e. The van der Waals surface area contributed by atoms with Gasteiger partial charge in [-0.2, -0.15) is 0 Å². The van der Waals surface area contributed by atoms with Gasteiger partial charge in [-0.1, -0.05) is 73.1 Å². The highest BCUT2D eigenvalue weighted by atomic mass is 14.4. The van der Waals surface area contributed by atoms with E-state index in [1.807, 2.05) is 0 Å². The van der Waals surface area contributed by atoms with Crippen molar-refractivity contribution in [2.24, 2.45) is 23.2 Å². The Morgan fingerprint density at radius 3 is 2.07 bits per heavy atom. The molecule has 0 aliphatic heterocycles. The third kappa shape index (κ3) is 3.50. The first kappa shape index (κ1) is 13.1. The highest BCUT2D eigenvalue weighted by molar-refractivity contribution is 4.86. The van der Waals surface area contributed by atoms with Gasteiger partial charge in [-0.05, 0) is 23.2 Å². The third-order valence-corrected chi connectivity index (χ3v) is 4.26. The lowest BCUT2D eigenvalue weighted by Gasteiger charge is -2.40. The normalized spacial score (nSPS) is 23.0. The predicted octanol–water partition coefficient (Wildman–Crippen LogP) is 5.28. The molecule has 2 atom stereocenters. The maximum absolute atomic E-state index is 2.48. The first-order valence-corrected chi connectivity index (χ1v) is 6.96. The third-order valence-electron chi connectivity index (χ3n) is 4.26. The monoisotopic (exact) mass is 210 g/mol. The molecule has 0 spiro atoms. The molecular weight excluding hydrogens is 180 g/mol. The lowest BCUT2D eigenvalue weighted by Crippen LogP contribution is -2.32. The van der Waals surface area contributed by atoms with E-state index in [1.165, 1.54) is 38.5 Å². The van der Waals surface area contributed by atoms with Crippen LogP contribution in [-0.4, -0.2) is 0 Å². The largest absolute Gasteiger partial charge is 0.0654 e.